The molecular formula is C14H27N3O2S2. The van der Waals surface area contributed by atoms with Gasteiger partial charge in [0.25, 0.3) is 0 Å². The molecule has 1 aromatic rings. The van der Waals surface area contributed by atoms with Crippen LogP contribution in [0, 0.1) is 0 Å². The number of sulfonamides is 1. The lowest BCUT2D eigenvalue weighted by molar-refractivity contribution is 0.199. The van der Waals surface area contributed by atoms with Crippen molar-refractivity contribution in [2.24, 2.45) is 0 Å². The fourth-order valence-corrected chi connectivity index (χ4v) is 3.87. The van der Waals surface area contributed by atoms with E-state index in [0.717, 1.165) is 5.56 Å². The summed E-state index contributed by atoms with van der Waals surface area (Å²) < 4.78 is 27.7. The first-order valence-corrected chi connectivity index (χ1v) is 9.39. The minimum atomic E-state index is -3.43. The van der Waals surface area contributed by atoms with Crippen LogP contribution in [0.5, 0.6) is 0 Å². The highest BCUT2D eigenvalue weighted by Crippen LogP contribution is 2.21. The Morgan fingerprint density at radius 1 is 1.33 bits per heavy atom. The van der Waals surface area contributed by atoms with Gasteiger partial charge in [0, 0.05) is 24.7 Å². The first-order valence-electron chi connectivity index (χ1n) is 7.02. The summed E-state index contributed by atoms with van der Waals surface area (Å²) in [5.74, 6) is 0. The first kappa shape index (κ1) is 18.6. The summed E-state index contributed by atoms with van der Waals surface area (Å²) in [5.41, 5.74) is 0.771. The van der Waals surface area contributed by atoms with E-state index in [1.54, 1.807) is 6.07 Å². The van der Waals surface area contributed by atoms with E-state index >= 15 is 0 Å². The topological polar surface area (TPSA) is 61.4 Å². The van der Waals surface area contributed by atoms with Gasteiger partial charge in [0.2, 0.25) is 10.0 Å². The average Bonchev–Trinajstić information content (AvgIpc) is 2.83. The van der Waals surface area contributed by atoms with Gasteiger partial charge in [0.15, 0.2) is 0 Å². The van der Waals surface area contributed by atoms with Crippen LogP contribution in [-0.2, 0) is 16.6 Å². The van der Waals surface area contributed by atoms with E-state index in [4.69, 9.17) is 0 Å². The van der Waals surface area contributed by atoms with Crippen molar-refractivity contribution >= 4 is 21.4 Å². The zero-order valence-electron chi connectivity index (χ0n) is 13.7. The van der Waals surface area contributed by atoms with Crippen molar-refractivity contribution in [1.82, 2.24) is 14.9 Å². The fourth-order valence-electron chi connectivity index (χ4n) is 1.41. The molecule has 0 unspecified atom stereocenters. The Kier molecular flexibility index (Phi) is 6.36. The van der Waals surface area contributed by atoms with Crippen LogP contribution in [0.1, 0.15) is 33.3 Å². The van der Waals surface area contributed by atoms with E-state index in [-0.39, 0.29) is 5.54 Å². The van der Waals surface area contributed by atoms with Crippen molar-refractivity contribution in [2.75, 3.05) is 20.6 Å². The number of nitrogens with one attached hydrogen (secondary N) is 2. The Morgan fingerprint density at radius 2 is 1.95 bits per heavy atom. The van der Waals surface area contributed by atoms with Crippen LogP contribution in [0.3, 0.4) is 0 Å². The van der Waals surface area contributed by atoms with Crippen LogP contribution < -0.4 is 10.0 Å². The standard InChI is InChI=1S/C14H27N3O2S2/c1-11(2)15-8-12-7-13(20-9-12)21(18,19)16-10-14(3,4)17(5)6/h7,9,11,15-16H,8,10H2,1-6H3. The molecule has 0 saturated heterocycles. The maximum atomic E-state index is 12.3. The van der Waals surface area contributed by atoms with Gasteiger partial charge in [-0.2, -0.15) is 0 Å². The molecule has 0 aliphatic carbocycles. The molecule has 0 bridgehead atoms. The monoisotopic (exact) mass is 333 g/mol. The molecule has 1 aromatic heterocycles. The average molecular weight is 334 g/mol. The quantitative estimate of drug-likeness (QED) is 0.762. The second kappa shape index (κ2) is 7.19. The lowest BCUT2D eigenvalue weighted by atomic mass is 10.1. The Labute approximate surface area is 132 Å². The van der Waals surface area contributed by atoms with Crippen LogP contribution in [-0.4, -0.2) is 45.5 Å². The molecular weight excluding hydrogens is 306 g/mol. The van der Waals surface area contributed by atoms with E-state index in [1.807, 2.05) is 38.2 Å². The molecule has 0 aliphatic heterocycles. The van der Waals surface area contributed by atoms with Crippen LogP contribution in [0.15, 0.2) is 15.7 Å². The highest BCUT2D eigenvalue weighted by Gasteiger charge is 2.25. The zero-order valence-corrected chi connectivity index (χ0v) is 15.4. The Bertz CT molecular complexity index is 548. The largest absolute Gasteiger partial charge is 0.310 e. The number of nitrogens with zero attached hydrogens (tertiary/aromatic N) is 1. The minimum Gasteiger partial charge on any atom is -0.310 e. The molecule has 1 rings (SSSR count). The maximum Gasteiger partial charge on any atom is 0.250 e. The van der Waals surface area contributed by atoms with Gasteiger partial charge in [-0.25, -0.2) is 13.1 Å². The fraction of sp³-hybridized carbons (Fsp3) is 0.714. The third kappa shape index (κ3) is 5.67. The second-order valence-electron chi connectivity index (χ2n) is 6.34. The van der Waals surface area contributed by atoms with Crippen molar-refractivity contribution in [3.63, 3.8) is 0 Å². The lowest BCUT2D eigenvalue weighted by Gasteiger charge is -2.32. The highest BCUT2D eigenvalue weighted by molar-refractivity contribution is 7.91. The van der Waals surface area contributed by atoms with Crippen molar-refractivity contribution in [3.05, 3.63) is 17.0 Å². The smallest absolute Gasteiger partial charge is 0.250 e. The summed E-state index contributed by atoms with van der Waals surface area (Å²) in [5, 5.41) is 5.17. The van der Waals surface area contributed by atoms with Crippen LogP contribution in [0.2, 0.25) is 0 Å². The van der Waals surface area contributed by atoms with Gasteiger partial charge in [-0.1, -0.05) is 13.8 Å². The summed E-state index contributed by atoms with van der Waals surface area (Å²) in [7, 11) is 0.449. The SMILES string of the molecule is CC(C)NCc1csc(S(=O)(=O)NCC(C)(C)N(C)C)c1. The predicted octanol–water partition coefficient (Wildman–Crippen LogP) is 1.86. The van der Waals surface area contributed by atoms with Gasteiger partial charge in [0.1, 0.15) is 4.21 Å². The Morgan fingerprint density at radius 3 is 2.48 bits per heavy atom. The maximum absolute atomic E-state index is 12.3. The molecule has 0 aromatic carbocycles. The third-order valence-corrected chi connectivity index (χ3v) is 6.40. The lowest BCUT2D eigenvalue weighted by Crippen LogP contribution is -2.48. The van der Waals surface area contributed by atoms with E-state index in [9.17, 15) is 8.42 Å². The molecule has 7 heteroatoms. The molecule has 5 nitrogen and oxygen atoms in total. The van der Waals surface area contributed by atoms with Crippen molar-refractivity contribution in [1.29, 1.82) is 0 Å². The molecule has 1 heterocycles. The molecule has 0 fully saturated rings. The zero-order chi connectivity index (χ0) is 16.3. The summed E-state index contributed by atoms with van der Waals surface area (Å²) >= 11 is 1.26. The number of rotatable bonds is 8. The van der Waals surface area contributed by atoms with Gasteiger partial charge in [-0.3, -0.25) is 0 Å². The summed E-state index contributed by atoms with van der Waals surface area (Å²) in [4.78, 5) is 2.00. The third-order valence-electron chi connectivity index (χ3n) is 3.51. The van der Waals surface area contributed by atoms with Crippen LogP contribution in [0.25, 0.3) is 0 Å². The number of hydrogen-bond acceptors (Lipinski definition) is 5. The first-order chi connectivity index (χ1) is 9.54. The van der Waals surface area contributed by atoms with Crippen molar-refractivity contribution in [3.8, 4) is 0 Å². The van der Waals surface area contributed by atoms with E-state index < -0.39 is 10.0 Å². The molecule has 0 radical (unpaired) electrons. The van der Waals surface area contributed by atoms with Crippen LogP contribution >= 0.6 is 11.3 Å². The van der Waals surface area contributed by atoms with Gasteiger partial charge < -0.3 is 10.2 Å². The molecule has 0 atom stereocenters. The van der Waals surface area contributed by atoms with Gasteiger partial charge in [-0.05, 0) is 45.0 Å². The Balaban J connectivity index is 2.71. The summed E-state index contributed by atoms with van der Waals surface area (Å²) in [6, 6.07) is 2.12. The molecule has 122 valence electrons. The summed E-state index contributed by atoms with van der Waals surface area (Å²) in [6.45, 7) is 9.19. The molecule has 0 spiro atoms. The minimum absolute atomic E-state index is 0.230. The van der Waals surface area contributed by atoms with E-state index in [1.165, 1.54) is 11.3 Å². The van der Waals surface area contributed by atoms with E-state index in [0.29, 0.717) is 23.3 Å². The summed E-state index contributed by atoms with van der Waals surface area (Å²) in [6.07, 6.45) is 0. The van der Waals surface area contributed by atoms with Gasteiger partial charge >= 0.3 is 0 Å². The molecule has 21 heavy (non-hydrogen) atoms. The molecule has 0 saturated carbocycles. The van der Waals surface area contributed by atoms with Crippen molar-refractivity contribution < 1.29 is 8.42 Å². The second-order valence-corrected chi connectivity index (χ2v) is 9.25. The number of likely N-dealkylation sites (N-methyl/N-ethyl adjacent to an activating group) is 1. The number of hydrogen-bond donors (Lipinski definition) is 2. The molecule has 2 N–H and O–H groups in total. The van der Waals surface area contributed by atoms with Gasteiger partial charge in [0.05, 0.1) is 0 Å². The van der Waals surface area contributed by atoms with E-state index in [2.05, 4.69) is 23.9 Å². The number of thiophene rings is 1. The normalized spacial score (nSPS) is 13.3. The predicted molar refractivity (Wildman–Crippen MR) is 89.2 cm³/mol. The van der Waals surface area contributed by atoms with Crippen molar-refractivity contribution in [2.45, 2.75) is 50.0 Å². The molecule has 0 amide bonds. The highest BCUT2D eigenvalue weighted by atomic mass is 32.2. The van der Waals surface area contributed by atoms with Crippen LogP contribution in [0.4, 0.5) is 0 Å². The van der Waals surface area contributed by atoms with Gasteiger partial charge in [-0.15, -0.1) is 11.3 Å². The molecule has 0 aliphatic rings. The Hall–Kier alpha value is -0.470.